The molecule has 4 nitrogen and oxygen atoms in total. The highest BCUT2D eigenvalue weighted by atomic mass is 127. The molecular formula is C12H13IN2O2. The van der Waals surface area contributed by atoms with Crippen molar-refractivity contribution in [1.82, 2.24) is 0 Å². The van der Waals surface area contributed by atoms with Gasteiger partial charge in [-0.05, 0) is 61.6 Å². The van der Waals surface area contributed by atoms with E-state index < -0.39 is 11.6 Å². The van der Waals surface area contributed by atoms with Gasteiger partial charge in [-0.1, -0.05) is 0 Å². The number of carboxylic acid groups (broad SMARTS) is 1. The third-order valence-corrected chi connectivity index (χ3v) is 3.04. The topological polar surface area (TPSA) is 64.3 Å². The molecule has 90 valence electrons. The van der Waals surface area contributed by atoms with E-state index >= 15 is 0 Å². The van der Waals surface area contributed by atoms with Gasteiger partial charge in [0.2, 0.25) is 0 Å². The van der Waals surface area contributed by atoms with Crippen molar-refractivity contribution >= 4 is 34.4 Å². The second kappa shape index (κ2) is 4.92. The summed E-state index contributed by atoms with van der Waals surface area (Å²) in [6.07, 6.45) is -1.000. The van der Waals surface area contributed by atoms with Crippen LogP contribution in [0.25, 0.3) is 0 Å². The molecule has 0 aromatic heterocycles. The van der Waals surface area contributed by atoms with Gasteiger partial charge in [0.05, 0.1) is 17.3 Å². The molecule has 17 heavy (non-hydrogen) atoms. The molecular weight excluding hydrogens is 331 g/mol. The Morgan fingerprint density at radius 2 is 2.06 bits per heavy atom. The molecule has 1 aromatic carbocycles. The Morgan fingerprint density at radius 1 is 1.47 bits per heavy atom. The van der Waals surface area contributed by atoms with Crippen LogP contribution < -0.4 is 4.90 Å². The fourth-order valence-corrected chi connectivity index (χ4v) is 2.27. The first-order chi connectivity index (χ1) is 7.77. The quantitative estimate of drug-likeness (QED) is 0.794. The smallest absolute Gasteiger partial charge is 0.412 e. The number of amides is 1. The van der Waals surface area contributed by atoms with E-state index in [0.29, 0.717) is 11.3 Å². The SMILES string of the molecule is CC(C)(C)N(C(=O)O)c1ccc(C#N)cc1I. The van der Waals surface area contributed by atoms with Crippen molar-refractivity contribution < 1.29 is 9.90 Å². The zero-order valence-electron chi connectivity index (χ0n) is 9.86. The molecule has 0 fully saturated rings. The monoisotopic (exact) mass is 344 g/mol. The number of anilines is 1. The Labute approximate surface area is 114 Å². The number of carbonyl (C=O) groups is 1. The van der Waals surface area contributed by atoms with E-state index in [2.05, 4.69) is 0 Å². The van der Waals surface area contributed by atoms with Gasteiger partial charge in [0.1, 0.15) is 0 Å². The Bertz CT molecular complexity index is 486. The highest BCUT2D eigenvalue weighted by Crippen LogP contribution is 2.29. The van der Waals surface area contributed by atoms with Gasteiger partial charge in [-0.2, -0.15) is 5.26 Å². The molecule has 0 aliphatic carbocycles. The standard InChI is InChI=1S/C12H13IN2O2/c1-12(2,3)15(11(16)17)10-5-4-8(7-14)6-9(10)13/h4-6H,1-3H3,(H,16,17). The van der Waals surface area contributed by atoms with Crippen LogP contribution in [-0.4, -0.2) is 16.7 Å². The van der Waals surface area contributed by atoms with Gasteiger partial charge in [0, 0.05) is 9.11 Å². The lowest BCUT2D eigenvalue weighted by Crippen LogP contribution is -2.45. The third kappa shape index (κ3) is 3.09. The van der Waals surface area contributed by atoms with E-state index in [0.717, 1.165) is 3.57 Å². The molecule has 1 rings (SSSR count). The summed E-state index contributed by atoms with van der Waals surface area (Å²) < 4.78 is 0.749. The van der Waals surface area contributed by atoms with Crippen molar-refractivity contribution in [1.29, 1.82) is 5.26 Å². The van der Waals surface area contributed by atoms with Gasteiger partial charge < -0.3 is 5.11 Å². The first-order valence-electron chi connectivity index (χ1n) is 5.00. The molecule has 0 radical (unpaired) electrons. The molecule has 1 amide bonds. The number of nitrogens with zero attached hydrogens (tertiary/aromatic N) is 2. The minimum absolute atomic E-state index is 0.525. The molecule has 0 unspecified atom stereocenters. The second-order valence-corrected chi connectivity index (χ2v) is 5.73. The lowest BCUT2D eigenvalue weighted by molar-refractivity contribution is 0.195. The number of rotatable bonds is 1. The average Bonchev–Trinajstić information content (AvgIpc) is 2.18. The minimum Gasteiger partial charge on any atom is -0.465 e. The van der Waals surface area contributed by atoms with E-state index in [1.165, 1.54) is 4.90 Å². The molecule has 0 aliphatic heterocycles. The first kappa shape index (κ1) is 13.8. The maximum atomic E-state index is 11.3. The summed E-state index contributed by atoms with van der Waals surface area (Å²) in [5.74, 6) is 0. The van der Waals surface area contributed by atoms with Gasteiger partial charge in [0.15, 0.2) is 0 Å². The van der Waals surface area contributed by atoms with Crippen molar-refractivity contribution in [2.75, 3.05) is 4.90 Å². The highest BCUT2D eigenvalue weighted by Gasteiger charge is 2.29. The number of hydrogen-bond acceptors (Lipinski definition) is 2. The third-order valence-electron chi connectivity index (χ3n) is 2.18. The summed E-state index contributed by atoms with van der Waals surface area (Å²) in [5.41, 5.74) is 0.599. The molecule has 0 atom stereocenters. The summed E-state index contributed by atoms with van der Waals surface area (Å²) in [6.45, 7) is 5.49. The maximum Gasteiger partial charge on any atom is 0.412 e. The first-order valence-corrected chi connectivity index (χ1v) is 6.08. The number of nitriles is 1. The van der Waals surface area contributed by atoms with Crippen molar-refractivity contribution in [2.45, 2.75) is 26.3 Å². The van der Waals surface area contributed by atoms with Crippen LogP contribution >= 0.6 is 22.6 Å². The minimum atomic E-state index is -1.000. The predicted octanol–water partition coefficient (Wildman–Crippen LogP) is 3.45. The summed E-state index contributed by atoms with van der Waals surface area (Å²) in [5, 5.41) is 18.0. The molecule has 0 spiro atoms. The van der Waals surface area contributed by atoms with E-state index in [9.17, 15) is 9.90 Å². The van der Waals surface area contributed by atoms with Crippen LogP contribution in [0.5, 0.6) is 0 Å². The number of benzene rings is 1. The molecule has 0 saturated carbocycles. The normalized spacial score (nSPS) is 10.8. The van der Waals surface area contributed by atoms with Crippen LogP contribution in [0.1, 0.15) is 26.3 Å². The summed E-state index contributed by atoms with van der Waals surface area (Å²) in [6, 6.07) is 7.00. The fourth-order valence-electron chi connectivity index (χ4n) is 1.51. The predicted molar refractivity (Wildman–Crippen MR) is 74.1 cm³/mol. The molecule has 0 heterocycles. The molecule has 1 aromatic rings. The summed E-state index contributed by atoms with van der Waals surface area (Å²) in [4.78, 5) is 12.6. The van der Waals surface area contributed by atoms with Gasteiger partial charge in [0.25, 0.3) is 0 Å². The lowest BCUT2D eigenvalue weighted by Gasteiger charge is -2.33. The van der Waals surface area contributed by atoms with Gasteiger partial charge in [-0.15, -0.1) is 0 Å². The second-order valence-electron chi connectivity index (χ2n) is 4.57. The van der Waals surface area contributed by atoms with Crippen molar-refractivity contribution in [3.8, 4) is 6.07 Å². The highest BCUT2D eigenvalue weighted by molar-refractivity contribution is 14.1. The largest absolute Gasteiger partial charge is 0.465 e. The molecule has 0 saturated heterocycles. The summed E-state index contributed by atoms with van der Waals surface area (Å²) >= 11 is 2.04. The molecule has 0 aliphatic rings. The Hall–Kier alpha value is -1.29. The zero-order chi connectivity index (χ0) is 13.2. The van der Waals surface area contributed by atoms with E-state index in [1.807, 2.05) is 49.4 Å². The molecule has 5 heteroatoms. The Kier molecular flexibility index (Phi) is 3.98. The average molecular weight is 344 g/mol. The van der Waals surface area contributed by atoms with Crippen LogP contribution in [0, 0.1) is 14.9 Å². The fraction of sp³-hybridized carbons (Fsp3) is 0.333. The lowest BCUT2D eigenvalue weighted by atomic mass is 10.1. The van der Waals surface area contributed by atoms with Gasteiger partial charge >= 0.3 is 6.09 Å². The van der Waals surface area contributed by atoms with E-state index in [4.69, 9.17) is 5.26 Å². The van der Waals surface area contributed by atoms with Crippen molar-refractivity contribution in [3.05, 3.63) is 27.3 Å². The van der Waals surface area contributed by atoms with Gasteiger partial charge in [-0.3, -0.25) is 4.90 Å². The Balaban J connectivity index is 3.31. The van der Waals surface area contributed by atoms with Crippen molar-refractivity contribution in [3.63, 3.8) is 0 Å². The van der Waals surface area contributed by atoms with Crippen LogP contribution in [0.2, 0.25) is 0 Å². The van der Waals surface area contributed by atoms with Crippen molar-refractivity contribution in [2.24, 2.45) is 0 Å². The maximum absolute atomic E-state index is 11.3. The van der Waals surface area contributed by atoms with E-state index in [-0.39, 0.29) is 0 Å². The van der Waals surface area contributed by atoms with Crippen LogP contribution in [-0.2, 0) is 0 Å². The van der Waals surface area contributed by atoms with Crippen LogP contribution in [0.4, 0.5) is 10.5 Å². The van der Waals surface area contributed by atoms with Crippen LogP contribution in [0.3, 0.4) is 0 Å². The zero-order valence-corrected chi connectivity index (χ0v) is 12.0. The number of hydrogen-bond donors (Lipinski definition) is 1. The summed E-state index contributed by atoms with van der Waals surface area (Å²) in [7, 11) is 0. The van der Waals surface area contributed by atoms with Gasteiger partial charge in [-0.25, -0.2) is 4.79 Å². The molecule has 0 bridgehead atoms. The van der Waals surface area contributed by atoms with E-state index in [1.54, 1.807) is 18.2 Å². The molecule has 1 N–H and O–H groups in total. The number of halogens is 1. The van der Waals surface area contributed by atoms with Crippen LogP contribution in [0.15, 0.2) is 18.2 Å². The Morgan fingerprint density at radius 3 is 2.41 bits per heavy atom.